The minimum absolute atomic E-state index is 0.0912. The highest BCUT2D eigenvalue weighted by Crippen LogP contribution is 2.25. The fourth-order valence-corrected chi connectivity index (χ4v) is 1.46. The SMILES string of the molecule is CCOc1ccccc1OCCNC(CO)CO. The Hall–Kier alpha value is -1.30. The lowest BCUT2D eigenvalue weighted by molar-refractivity contribution is 0.165. The third-order valence-corrected chi connectivity index (χ3v) is 2.38. The second-order valence-corrected chi connectivity index (χ2v) is 3.74. The molecule has 0 aromatic heterocycles. The number of hydrogen-bond donors (Lipinski definition) is 3. The molecule has 18 heavy (non-hydrogen) atoms. The van der Waals surface area contributed by atoms with Crippen LogP contribution in [-0.2, 0) is 0 Å². The molecular weight excluding hydrogens is 234 g/mol. The van der Waals surface area contributed by atoms with Crippen molar-refractivity contribution < 1.29 is 19.7 Å². The Morgan fingerprint density at radius 1 is 1.11 bits per heavy atom. The monoisotopic (exact) mass is 255 g/mol. The minimum Gasteiger partial charge on any atom is -0.490 e. The summed E-state index contributed by atoms with van der Waals surface area (Å²) >= 11 is 0. The van der Waals surface area contributed by atoms with Gasteiger partial charge in [0.2, 0.25) is 0 Å². The van der Waals surface area contributed by atoms with Crippen LogP contribution in [0, 0.1) is 0 Å². The Morgan fingerprint density at radius 3 is 2.28 bits per heavy atom. The quantitative estimate of drug-likeness (QED) is 0.557. The van der Waals surface area contributed by atoms with E-state index in [1.54, 1.807) is 0 Å². The fraction of sp³-hybridized carbons (Fsp3) is 0.538. The Bertz CT molecular complexity index is 329. The smallest absolute Gasteiger partial charge is 0.161 e. The van der Waals surface area contributed by atoms with E-state index in [0.29, 0.717) is 25.5 Å². The lowest BCUT2D eigenvalue weighted by Crippen LogP contribution is -2.38. The highest BCUT2D eigenvalue weighted by Gasteiger charge is 2.05. The van der Waals surface area contributed by atoms with E-state index < -0.39 is 0 Å². The Kier molecular flexibility index (Phi) is 7.17. The lowest BCUT2D eigenvalue weighted by Gasteiger charge is -2.15. The summed E-state index contributed by atoms with van der Waals surface area (Å²) < 4.78 is 11.0. The van der Waals surface area contributed by atoms with Gasteiger partial charge in [0.15, 0.2) is 11.5 Å². The molecule has 0 radical (unpaired) electrons. The van der Waals surface area contributed by atoms with Crippen molar-refractivity contribution in [1.29, 1.82) is 0 Å². The zero-order valence-corrected chi connectivity index (χ0v) is 10.6. The molecule has 102 valence electrons. The summed E-state index contributed by atoms with van der Waals surface area (Å²) in [4.78, 5) is 0. The molecule has 0 heterocycles. The van der Waals surface area contributed by atoms with Gasteiger partial charge in [0.1, 0.15) is 6.61 Å². The first kappa shape index (κ1) is 14.8. The summed E-state index contributed by atoms with van der Waals surface area (Å²) in [6.45, 7) is 3.33. The average molecular weight is 255 g/mol. The van der Waals surface area contributed by atoms with Crippen LogP contribution in [0.5, 0.6) is 11.5 Å². The van der Waals surface area contributed by atoms with Gasteiger partial charge >= 0.3 is 0 Å². The van der Waals surface area contributed by atoms with Gasteiger partial charge in [0, 0.05) is 6.54 Å². The van der Waals surface area contributed by atoms with E-state index in [-0.39, 0.29) is 19.3 Å². The van der Waals surface area contributed by atoms with Crippen LogP contribution < -0.4 is 14.8 Å². The highest BCUT2D eigenvalue weighted by atomic mass is 16.5. The van der Waals surface area contributed by atoms with E-state index in [0.717, 1.165) is 5.75 Å². The van der Waals surface area contributed by atoms with Gasteiger partial charge in [0.05, 0.1) is 25.9 Å². The summed E-state index contributed by atoms with van der Waals surface area (Å²) in [5, 5.41) is 20.7. The second kappa shape index (κ2) is 8.74. The van der Waals surface area contributed by atoms with Crippen LogP contribution in [0.25, 0.3) is 0 Å². The summed E-state index contributed by atoms with van der Waals surface area (Å²) in [5.41, 5.74) is 0. The summed E-state index contributed by atoms with van der Waals surface area (Å²) in [6, 6.07) is 7.19. The van der Waals surface area contributed by atoms with Gasteiger partial charge in [0.25, 0.3) is 0 Å². The molecular formula is C13H21NO4. The molecule has 0 saturated carbocycles. The standard InChI is InChI=1S/C13H21NO4/c1-2-17-12-5-3-4-6-13(12)18-8-7-14-11(9-15)10-16/h3-6,11,14-16H,2,7-10H2,1H3. The van der Waals surface area contributed by atoms with E-state index in [2.05, 4.69) is 5.32 Å². The van der Waals surface area contributed by atoms with Crippen LogP contribution in [0.1, 0.15) is 6.92 Å². The predicted octanol–water partition coefficient (Wildman–Crippen LogP) is 0.407. The van der Waals surface area contributed by atoms with Crippen molar-refractivity contribution >= 4 is 0 Å². The zero-order valence-electron chi connectivity index (χ0n) is 10.6. The van der Waals surface area contributed by atoms with E-state index in [1.807, 2.05) is 31.2 Å². The molecule has 0 aliphatic carbocycles. The van der Waals surface area contributed by atoms with E-state index in [1.165, 1.54) is 0 Å². The van der Waals surface area contributed by atoms with Gasteiger partial charge in [-0.1, -0.05) is 12.1 Å². The molecule has 1 rings (SSSR count). The largest absolute Gasteiger partial charge is 0.490 e. The van der Waals surface area contributed by atoms with Gasteiger partial charge < -0.3 is 25.0 Å². The number of hydrogen-bond acceptors (Lipinski definition) is 5. The lowest BCUT2D eigenvalue weighted by atomic mass is 10.3. The second-order valence-electron chi connectivity index (χ2n) is 3.74. The minimum atomic E-state index is -0.296. The highest BCUT2D eigenvalue weighted by molar-refractivity contribution is 5.39. The first-order valence-corrected chi connectivity index (χ1v) is 6.11. The molecule has 1 aromatic carbocycles. The molecule has 5 nitrogen and oxygen atoms in total. The van der Waals surface area contributed by atoms with Crippen molar-refractivity contribution in [2.45, 2.75) is 13.0 Å². The molecule has 3 N–H and O–H groups in total. The average Bonchev–Trinajstić information content (AvgIpc) is 2.41. The molecule has 0 aliphatic heterocycles. The van der Waals surface area contributed by atoms with Crippen molar-refractivity contribution in [3.05, 3.63) is 24.3 Å². The number of benzene rings is 1. The maximum atomic E-state index is 8.87. The zero-order chi connectivity index (χ0) is 13.2. The molecule has 0 fully saturated rings. The van der Waals surface area contributed by atoms with Gasteiger partial charge in [-0.05, 0) is 19.1 Å². The summed E-state index contributed by atoms with van der Waals surface area (Å²) in [7, 11) is 0. The summed E-state index contributed by atoms with van der Waals surface area (Å²) in [5.74, 6) is 1.42. The van der Waals surface area contributed by atoms with Crippen molar-refractivity contribution in [2.24, 2.45) is 0 Å². The van der Waals surface area contributed by atoms with Crippen LogP contribution in [0.15, 0.2) is 24.3 Å². The van der Waals surface area contributed by atoms with Gasteiger partial charge in [-0.25, -0.2) is 0 Å². The van der Waals surface area contributed by atoms with Crippen molar-refractivity contribution in [1.82, 2.24) is 5.32 Å². The van der Waals surface area contributed by atoms with Crippen LogP contribution in [-0.4, -0.2) is 49.2 Å². The molecule has 1 aromatic rings. The van der Waals surface area contributed by atoms with Gasteiger partial charge in [-0.15, -0.1) is 0 Å². The molecule has 0 amide bonds. The Labute approximate surface area is 107 Å². The van der Waals surface area contributed by atoms with Crippen LogP contribution >= 0.6 is 0 Å². The van der Waals surface area contributed by atoms with E-state index >= 15 is 0 Å². The first-order chi connectivity index (χ1) is 8.81. The van der Waals surface area contributed by atoms with Gasteiger partial charge in [-0.2, -0.15) is 0 Å². The maximum Gasteiger partial charge on any atom is 0.161 e. The van der Waals surface area contributed by atoms with Gasteiger partial charge in [-0.3, -0.25) is 0 Å². The molecule has 0 aliphatic rings. The molecule has 5 heteroatoms. The Morgan fingerprint density at radius 2 is 1.72 bits per heavy atom. The molecule has 0 spiro atoms. The van der Waals surface area contributed by atoms with Crippen molar-refractivity contribution in [3.8, 4) is 11.5 Å². The number of ether oxygens (including phenoxy) is 2. The third-order valence-electron chi connectivity index (χ3n) is 2.38. The van der Waals surface area contributed by atoms with Crippen molar-refractivity contribution in [3.63, 3.8) is 0 Å². The molecule has 0 bridgehead atoms. The predicted molar refractivity (Wildman–Crippen MR) is 69.1 cm³/mol. The first-order valence-electron chi connectivity index (χ1n) is 6.11. The van der Waals surface area contributed by atoms with E-state index in [9.17, 15) is 0 Å². The fourth-order valence-electron chi connectivity index (χ4n) is 1.46. The van der Waals surface area contributed by atoms with E-state index in [4.69, 9.17) is 19.7 Å². The number of aliphatic hydroxyl groups is 2. The number of nitrogens with one attached hydrogen (secondary N) is 1. The number of para-hydroxylation sites is 2. The molecule has 0 unspecified atom stereocenters. The normalized spacial score (nSPS) is 10.7. The topological polar surface area (TPSA) is 71.0 Å². The molecule has 0 atom stereocenters. The third kappa shape index (κ3) is 4.91. The van der Waals surface area contributed by atoms with Crippen LogP contribution in [0.2, 0.25) is 0 Å². The Balaban J connectivity index is 2.34. The number of rotatable bonds is 9. The summed E-state index contributed by atoms with van der Waals surface area (Å²) in [6.07, 6.45) is 0. The van der Waals surface area contributed by atoms with Crippen molar-refractivity contribution in [2.75, 3.05) is 33.0 Å². The maximum absolute atomic E-state index is 8.87. The van der Waals surface area contributed by atoms with Crippen LogP contribution in [0.3, 0.4) is 0 Å². The molecule has 0 saturated heterocycles. The number of aliphatic hydroxyl groups excluding tert-OH is 2. The van der Waals surface area contributed by atoms with Crippen LogP contribution in [0.4, 0.5) is 0 Å².